The smallest absolute Gasteiger partial charge is 0.106 e. The van der Waals surface area contributed by atoms with E-state index in [9.17, 15) is 0 Å². The van der Waals surface area contributed by atoms with Gasteiger partial charge in [0, 0.05) is 22.0 Å². The van der Waals surface area contributed by atoms with Gasteiger partial charge in [-0.3, -0.25) is 0 Å². The van der Waals surface area contributed by atoms with Crippen molar-refractivity contribution in [1.82, 2.24) is 9.55 Å². The fourth-order valence-corrected chi connectivity index (χ4v) is 3.90. The van der Waals surface area contributed by atoms with Crippen molar-refractivity contribution in [3.05, 3.63) is 95.6 Å². The third kappa shape index (κ3) is 2.44. The maximum atomic E-state index is 4.61. The van der Waals surface area contributed by atoms with E-state index in [1.54, 1.807) is 0 Å². The van der Waals surface area contributed by atoms with Crippen molar-refractivity contribution in [3.63, 3.8) is 0 Å². The van der Waals surface area contributed by atoms with Crippen molar-refractivity contribution in [3.8, 4) is 16.9 Å². The number of hydrogen-bond donors (Lipinski definition) is 0. The first-order chi connectivity index (χ1) is 12.8. The molecule has 124 valence electrons. The molecule has 26 heavy (non-hydrogen) atoms. The van der Waals surface area contributed by atoms with Crippen LogP contribution in [0.2, 0.25) is 0 Å². The lowest BCUT2D eigenvalue weighted by molar-refractivity contribution is 1.18. The number of hydrogen-bond acceptors (Lipinski definition) is 1. The Bertz CT molecular complexity index is 1240. The summed E-state index contributed by atoms with van der Waals surface area (Å²) in [6, 6.07) is 31.7. The Labute approximate surface area is 159 Å². The molecular weight excluding hydrogens is 384 g/mol. The zero-order valence-corrected chi connectivity index (χ0v) is 15.5. The van der Waals surface area contributed by atoms with Gasteiger partial charge < -0.3 is 4.57 Å². The standard InChI is InChI=1S/C23H15BrN2/c24-23-12-6-10-20(25-23)16-13-14-22-19(15-16)18-9-4-5-11-21(18)26(22)17-7-2-1-3-8-17/h1-15H. The third-order valence-electron chi connectivity index (χ3n) is 4.70. The van der Waals surface area contributed by atoms with Crippen LogP contribution in [0.3, 0.4) is 0 Å². The minimum atomic E-state index is 0.849. The number of benzene rings is 3. The molecular formula is C23H15BrN2. The highest BCUT2D eigenvalue weighted by Crippen LogP contribution is 2.34. The van der Waals surface area contributed by atoms with Gasteiger partial charge >= 0.3 is 0 Å². The molecule has 0 fully saturated rings. The number of nitrogens with zero attached hydrogens (tertiary/aromatic N) is 2. The van der Waals surface area contributed by atoms with Crippen LogP contribution in [-0.2, 0) is 0 Å². The quantitative estimate of drug-likeness (QED) is 0.306. The van der Waals surface area contributed by atoms with Crippen molar-refractivity contribution in [2.45, 2.75) is 0 Å². The SMILES string of the molecule is Brc1cccc(-c2ccc3c(c2)c2ccccc2n3-c2ccccc2)n1. The van der Waals surface area contributed by atoms with E-state index in [-0.39, 0.29) is 0 Å². The molecule has 0 amide bonds. The summed E-state index contributed by atoms with van der Waals surface area (Å²) in [5.41, 5.74) is 5.68. The molecule has 0 aliphatic rings. The van der Waals surface area contributed by atoms with E-state index < -0.39 is 0 Å². The van der Waals surface area contributed by atoms with Crippen LogP contribution in [-0.4, -0.2) is 9.55 Å². The molecule has 3 aromatic carbocycles. The van der Waals surface area contributed by atoms with Gasteiger partial charge in [-0.05, 0) is 58.4 Å². The largest absolute Gasteiger partial charge is 0.309 e. The second-order valence-corrected chi connectivity index (χ2v) is 7.08. The van der Waals surface area contributed by atoms with Gasteiger partial charge in [0.15, 0.2) is 0 Å². The van der Waals surface area contributed by atoms with Gasteiger partial charge in [0.1, 0.15) is 4.60 Å². The molecule has 0 saturated heterocycles. The van der Waals surface area contributed by atoms with Gasteiger partial charge in [0.25, 0.3) is 0 Å². The zero-order chi connectivity index (χ0) is 17.5. The number of aromatic nitrogens is 2. The number of fused-ring (bicyclic) bond motifs is 3. The van der Waals surface area contributed by atoms with Gasteiger partial charge in [-0.25, -0.2) is 4.98 Å². The van der Waals surface area contributed by atoms with Crippen LogP contribution in [0.4, 0.5) is 0 Å². The highest BCUT2D eigenvalue weighted by Gasteiger charge is 2.13. The predicted octanol–water partition coefficient (Wildman–Crippen LogP) is 6.61. The molecule has 5 rings (SSSR count). The molecule has 0 atom stereocenters. The molecule has 5 aromatic rings. The first kappa shape index (κ1) is 15.4. The lowest BCUT2D eigenvalue weighted by atomic mass is 10.1. The predicted molar refractivity (Wildman–Crippen MR) is 112 cm³/mol. The first-order valence-electron chi connectivity index (χ1n) is 8.53. The molecule has 0 radical (unpaired) electrons. The monoisotopic (exact) mass is 398 g/mol. The van der Waals surface area contributed by atoms with E-state index in [2.05, 4.69) is 98.3 Å². The molecule has 2 heterocycles. The topological polar surface area (TPSA) is 17.8 Å². The minimum Gasteiger partial charge on any atom is -0.309 e. The Kier molecular flexibility index (Phi) is 3.61. The summed E-state index contributed by atoms with van der Waals surface area (Å²) in [7, 11) is 0. The average Bonchev–Trinajstić information content (AvgIpc) is 3.02. The van der Waals surface area contributed by atoms with Gasteiger partial charge in [-0.15, -0.1) is 0 Å². The molecule has 0 saturated carbocycles. The summed E-state index contributed by atoms with van der Waals surface area (Å²) in [5.74, 6) is 0. The van der Waals surface area contributed by atoms with Crippen molar-refractivity contribution >= 4 is 37.7 Å². The second-order valence-electron chi connectivity index (χ2n) is 6.27. The molecule has 0 bridgehead atoms. The maximum absolute atomic E-state index is 4.61. The number of pyridine rings is 1. The molecule has 0 aliphatic heterocycles. The average molecular weight is 399 g/mol. The zero-order valence-electron chi connectivity index (χ0n) is 13.9. The van der Waals surface area contributed by atoms with E-state index in [4.69, 9.17) is 0 Å². The summed E-state index contributed by atoms with van der Waals surface area (Å²) >= 11 is 3.47. The Balaban J connectivity index is 1.84. The number of rotatable bonds is 2. The fraction of sp³-hybridized carbons (Fsp3) is 0. The van der Waals surface area contributed by atoms with E-state index in [1.165, 1.54) is 27.5 Å². The summed E-state index contributed by atoms with van der Waals surface area (Å²) in [6.45, 7) is 0. The van der Waals surface area contributed by atoms with Crippen molar-refractivity contribution in [2.24, 2.45) is 0 Å². The van der Waals surface area contributed by atoms with E-state index in [1.807, 2.05) is 18.2 Å². The molecule has 0 aliphatic carbocycles. The third-order valence-corrected chi connectivity index (χ3v) is 5.14. The van der Waals surface area contributed by atoms with E-state index in [0.29, 0.717) is 0 Å². The Hall–Kier alpha value is -2.91. The van der Waals surface area contributed by atoms with Crippen LogP contribution in [0.15, 0.2) is 95.6 Å². The summed E-state index contributed by atoms with van der Waals surface area (Å²) in [5, 5.41) is 2.49. The van der Waals surface area contributed by atoms with Crippen LogP contribution < -0.4 is 0 Å². The van der Waals surface area contributed by atoms with Crippen molar-refractivity contribution < 1.29 is 0 Å². The Morgan fingerprint density at radius 1 is 0.654 bits per heavy atom. The van der Waals surface area contributed by atoms with Gasteiger partial charge in [-0.1, -0.05) is 48.5 Å². The molecule has 3 heteroatoms. The normalized spacial score (nSPS) is 11.3. The molecule has 2 nitrogen and oxygen atoms in total. The number of para-hydroxylation sites is 2. The summed E-state index contributed by atoms with van der Waals surface area (Å²) in [6.07, 6.45) is 0. The minimum absolute atomic E-state index is 0.849. The second kappa shape index (κ2) is 6.11. The number of halogens is 1. The lowest BCUT2D eigenvalue weighted by Gasteiger charge is -2.08. The molecule has 2 aromatic heterocycles. The maximum Gasteiger partial charge on any atom is 0.106 e. The van der Waals surface area contributed by atoms with Crippen LogP contribution in [0.1, 0.15) is 0 Å². The van der Waals surface area contributed by atoms with Crippen LogP contribution in [0, 0.1) is 0 Å². The molecule has 0 spiro atoms. The molecule has 0 unspecified atom stereocenters. The van der Waals surface area contributed by atoms with Crippen molar-refractivity contribution in [2.75, 3.05) is 0 Å². The van der Waals surface area contributed by atoms with Crippen LogP contribution in [0.5, 0.6) is 0 Å². The fourth-order valence-electron chi connectivity index (χ4n) is 3.56. The van der Waals surface area contributed by atoms with Crippen LogP contribution in [0.25, 0.3) is 38.8 Å². The first-order valence-corrected chi connectivity index (χ1v) is 9.32. The Morgan fingerprint density at radius 2 is 1.42 bits per heavy atom. The van der Waals surface area contributed by atoms with Gasteiger partial charge in [0.2, 0.25) is 0 Å². The molecule has 0 N–H and O–H groups in total. The van der Waals surface area contributed by atoms with E-state index in [0.717, 1.165) is 15.9 Å². The van der Waals surface area contributed by atoms with Crippen molar-refractivity contribution in [1.29, 1.82) is 0 Å². The van der Waals surface area contributed by atoms with Gasteiger partial charge in [0.05, 0.1) is 16.7 Å². The Morgan fingerprint density at radius 3 is 2.27 bits per heavy atom. The van der Waals surface area contributed by atoms with E-state index >= 15 is 0 Å². The summed E-state index contributed by atoms with van der Waals surface area (Å²) < 4.78 is 3.17. The summed E-state index contributed by atoms with van der Waals surface area (Å²) in [4.78, 5) is 4.61. The lowest BCUT2D eigenvalue weighted by Crippen LogP contribution is -1.92. The van der Waals surface area contributed by atoms with Gasteiger partial charge in [-0.2, -0.15) is 0 Å². The highest BCUT2D eigenvalue weighted by molar-refractivity contribution is 9.10. The van der Waals surface area contributed by atoms with Crippen LogP contribution >= 0.6 is 15.9 Å². The highest BCUT2D eigenvalue weighted by atomic mass is 79.9.